The Bertz CT molecular complexity index is 48.8. The van der Waals surface area contributed by atoms with E-state index in [0.717, 1.165) is 0 Å². The summed E-state index contributed by atoms with van der Waals surface area (Å²) in [7, 11) is -2.17. The summed E-state index contributed by atoms with van der Waals surface area (Å²) >= 11 is 0. The summed E-state index contributed by atoms with van der Waals surface area (Å²) in [5, 5.41) is 21.5. The molecule has 0 heterocycles. The topological polar surface area (TPSA) is 165 Å². The van der Waals surface area contributed by atoms with Crippen LogP contribution in [0.2, 0.25) is 0 Å². The third kappa shape index (κ3) is 237. The van der Waals surface area contributed by atoms with E-state index in [1.807, 2.05) is 0 Å². The zero-order chi connectivity index (χ0) is 10.4. The Hall–Kier alpha value is -0.215. The summed E-state index contributed by atoms with van der Waals surface area (Å²) in [6.07, 6.45) is 0. The molecule has 7 nitrogen and oxygen atoms in total. The molecule has 0 aliphatic rings. The highest BCUT2D eigenvalue weighted by Crippen LogP contribution is 1.40. The smallest absolute Gasteiger partial charge is 0.402 e. The monoisotopic (exact) mass is 182 g/mol. The van der Waals surface area contributed by atoms with Gasteiger partial charge in [0.25, 0.3) is 0 Å². The van der Waals surface area contributed by atoms with Gasteiger partial charge < -0.3 is 38.0 Å². The third-order valence-corrected chi connectivity index (χ3v) is 0.333. The van der Waals surface area contributed by atoms with Gasteiger partial charge in [0, 0.05) is 26.2 Å². The average Bonchev–Trinajstić information content (AvgIpc) is 2.03. The van der Waals surface area contributed by atoms with Gasteiger partial charge in [-0.15, -0.1) is 0 Å². The molecular weight excluding hydrogens is 163 g/mol. The number of rotatable bonds is 2. The maximum atomic E-state index is 7.17. The van der Waals surface area contributed by atoms with Gasteiger partial charge in [-0.3, -0.25) is 0 Å². The van der Waals surface area contributed by atoms with Gasteiger partial charge in [-0.25, -0.2) is 0 Å². The Balaban J connectivity index is -0.000000101. The molecule has 0 radical (unpaired) electrons. The van der Waals surface area contributed by atoms with Gasteiger partial charge in [-0.05, 0) is 0 Å². The fourth-order valence-corrected chi connectivity index (χ4v) is 0. The summed E-state index contributed by atoms with van der Waals surface area (Å²) in [6.45, 7) is 2.39. The molecule has 0 amide bonds. The molecule has 0 bridgehead atoms. The summed E-state index contributed by atoms with van der Waals surface area (Å²) in [5.74, 6) is 0. The van der Waals surface area contributed by atoms with Gasteiger partial charge in [0.1, 0.15) is 0 Å². The zero-order valence-electron chi connectivity index (χ0n) is 7.06. The van der Waals surface area contributed by atoms with E-state index in [-0.39, 0.29) is 0 Å². The maximum Gasteiger partial charge on any atom is 0.631 e. The Morgan fingerprint density at radius 1 is 0.667 bits per heavy atom. The highest BCUT2D eigenvalue weighted by molar-refractivity contribution is 6.30. The molecule has 0 aromatic heterocycles. The van der Waals surface area contributed by atoms with Gasteiger partial charge in [0.2, 0.25) is 0 Å². The molecule has 0 aromatic carbocycles. The molecule has 8 heteroatoms. The van der Waals surface area contributed by atoms with Crippen molar-refractivity contribution in [3.05, 3.63) is 0 Å². The second kappa shape index (κ2) is 22.4. The molecule has 0 saturated carbocycles. The molecular formula is C4H19BN4O3. The molecule has 12 heavy (non-hydrogen) atoms. The van der Waals surface area contributed by atoms with Crippen LogP contribution >= 0.6 is 0 Å². The lowest BCUT2D eigenvalue weighted by atomic mass is 10.3. The van der Waals surface area contributed by atoms with Crippen molar-refractivity contribution in [1.29, 1.82) is 0 Å². The molecule has 0 fully saturated rings. The molecule has 0 aliphatic heterocycles. The lowest BCUT2D eigenvalue weighted by molar-refractivity contribution is 0.278. The minimum Gasteiger partial charge on any atom is -0.402 e. The van der Waals surface area contributed by atoms with E-state index in [9.17, 15) is 0 Å². The van der Waals surface area contributed by atoms with Crippen LogP contribution in [0.3, 0.4) is 0 Å². The molecule has 0 rings (SSSR count). The van der Waals surface area contributed by atoms with E-state index in [1.165, 1.54) is 0 Å². The van der Waals surface area contributed by atoms with Crippen LogP contribution in [-0.4, -0.2) is 48.6 Å². The molecule has 76 valence electrons. The van der Waals surface area contributed by atoms with Crippen LogP contribution in [0.5, 0.6) is 0 Å². The molecule has 0 atom stereocenters. The van der Waals surface area contributed by atoms with Crippen LogP contribution in [-0.2, 0) is 0 Å². The van der Waals surface area contributed by atoms with E-state index in [2.05, 4.69) is 0 Å². The summed E-state index contributed by atoms with van der Waals surface area (Å²) in [4.78, 5) is 0. The van der Waals surface area contributed by atoms with Crippen LogP contribution in [0.1, 0.15) is 0 Å². The van der Waals surface area contributed by atoms with Gasteiger partial charge in [-0.2, -0.15) is 0 Å². The first-order valence-corrected chi connectivity index (χ1v) is 3.41. The minimum absolute atomic E-state index is 0.597. The van der Waals surface area contributed by atoms with E-state index >= 15 is 0 Å². The SMILES string of the molecule is NCCN.NCCN.OB(O)O. The van der Waals surface area contributed by atoms with E-state index in [0.29, 0.717) is 26.2 Å². The Morgan fingerprint density at radius 3 is 0.750 bits per heavy atom. The van der Waals surface area contributed by atoms with Gasteiger partial charge in [0.05, 0.1) is 0 Å². The quantitative estimate of drug-likeness (QED) is 0.212. The predicted molar refractivity (Wildman–Crippen MR) is 48.6 cm³/mol. The van der Waals surface area contributed by atoms with Crippen molar-refractivity contribution in [2.45, 2.75) is 0 Å². The second-order valence-corrected chi connectivity index (χ2v) is 1.50. The lowest BCUT2D eigenvalue weighted by Gasteiger charge is -1.72. The highest BCUT2D eigenvalue weighted by Gasteiger charge is 1.92. The van der Waals surface area contributed by atoms with Crippen molar-refractivity contribution in [3.63, 3.8) is 0 Å². The number of nitrogens with two attached hydrogens (primary N) is 4. The van der Waals surface area contributed by atoms with Gasteiger partial charge in [-0.1, -0.05) is 0 Å². The van der Waals surface area contributed by atoms with Crippen LogP contribution < -0.4 is 22.9 Å². The van der Waals surface area contributed by atoms with Crippen molar-refractivity contribution in [3.8, 4) is 0 Å². The van der Waals surface area contributed by atoms with Crippen molar-refractivity contribution in [2.24, 2.45) is 22.9 Å². The Kier molecular flexibility index (Phi) is 33.2. The Morgan fingerprint density at radius 2 is 0.750 bits per heavy atom. The van der Waals surface area contributed by atoms with Crippen LogP contribution in [0.25, 0.3) is 0 Å². The van der Waals surface area contributed by atoms with E-state index < -0.39 is 7.32 Å². The van der Waals surface area contributed by atoms with E-state index in [4.69, 9.17) is 38.0 Å². The minimum atomic E-state index is -2.17. The van der Waals surface area contributed by atoms with Crippen molar-refractivity contribution < 1.29 is 15.1 Å². The lowest BCUT2D eigenvalue weighted by Crippen LogP contribution is -2.11. The molecule has 0 unspecified atom stereocenters. The zero-order valence-corrected chi connectivity index (χ0v) is 7.06. The first-order chi connectivity index (χ1) is 5.56. The average molecular weight is 182 g/mol. The van der Waals surface area contributed by atoms with Crippen LogP contribution in [0.15, 0.2) is 0 Å². The van der Waals surface area contributed by atoms with Crippen molar-refractivity contribution in [1.82, 2.24) is 0 Å². The summed E-state index contributed by atoms with van der Waals surface area (Å²) < 4.78 is 0. The molecule has 0 saturated heterocycles. The van der Waals surface area contributed by atoms with Gasteiger partial charge in [0.15, 0.2) is 0 Å². The predicted octanol–water partition coefficient (Wildman–Crippen LogP) is -4.24. The third-order valence-electron chi connectivity index (χ3n) is 0.333. The van der Waals surface area contributed by atoms with Gasteiger partial charge >= 0.3 is 7.32 Å². The summed E-state index contributed by atoms with van der Waals surface area (Å²) in [6, 6.07) is 0. The first kappa shape index (κ1) is 17.8. The van der Waals surface area contributed by atoms with Crippen molar-refractivity contribution >= 4 is 7.32 Å². The van der Waals surface area contributed by atoms with Crippen LogP contribution in [0, 0.1) is 0 Å². The maximum absolute atomic E-state index is 7.17. The first-order valence-electron chi connectivity index (χ1n) is 3.41. The fourth-order valence-electron chi connectivity index (χ4n) is 0. The number of hydrogen-bond donors (Lipinski definition) is 7. The molecule has 11 N–H and O–H groups in total. The summed E-state index contributed by atoms with van der Waals surface area (Å²) in [5.41, 5.74) is 19.6. The molecule has 0 aliphatic carbocycles. The highest BCUT2D eigenvalue weighted by atomic mass is 16.5. The molecule has 0 spiro atoms. The second-order valence-electron chi connectivity index (χ2n) is 1.50. The number of hydrogen-bond acceptors (Lipinski definition) is 7. The largest absolute Gasteiger partial charge is 0.631 e. The Labute approximate surface area is 72.5 Å². The van der Waals surface area contributed by atoms with Crippen LogP contribution in [0.4, 0.5) is 0 Å². The molecule has 0 aromatic rings. The fraction of sp³-hybridized carbons (Fsp3) is 1.00. The van der Waals surface area contributed by atoms with Crippen molar-refractivity contribution in [2.75, 3.05) is 26.2 Å². The standard InChI is InChI=1S/2C2H8N2.BH3O3/c2*3-1-2-4;2-1(3)4/h2*1-4H2;2-4H. The van der Waals surface area contributed by atoms with E-state index in [1.54, 1.807) is 0 Å². The normalized spacial score (nSPS) is 7.25.